The molecular weight excluding hydrogens is 232 g/mol. The number of aromatic nitrogens is 1. The van der Waals surface area contributed by atoms with E-state index in [0.29, 0.717) is 0 Å². The Morgan fingerprint density at radius 1 is 0.632 bits per heavy atom. The van der Waals surface area contributed by atoms with Crippen molar-refractivity contribution in [1.82, 2.24) is 4.98 Å². The van der Waals surface area contributed by atoms with E-state index < -0.39 is 0 Å². The summed E-state index contributed by atoms with van der Waals surface area (Å²) >= 11 is 0. The number of nitrogens with zero attached hydrogens (tertiary/aromatic N) is 1. The molecule has 1 aromatic heterocycles. The summed E-state index contributed by atoms with van der Waals surface area (Å²) in [4.78, 5) is 4.05. The molecule has 0 aliphatic heterocycles. The van der Waals surface area contributed by atoms with Gasteiger partial charge in [0, 0.05) is 23.8 Å². The van der Waals surface area contributed by atoms with E-state index in [1.807, 2.05) is 42.7 Å². The van der Waals surface area contributed by atoms with Crippen molar-refractivity contribution in [2.75, 3.05) is 5.32 Å². The average molecular weight is 246 g/mol. The van der Waals surface area contributed by atoms with E-state index >= 15 is 0 Å². The third-order valence-electron chi connectivity index (χ3n) is 2.94. The van der Waals surface area contributed by atoms with E-state index in [9.17, 15) is 0 Å². The predicted octanol–water partition coefficient (Wildman–Crippen LogP) is 4.49. The summed E-state index contributed by atoms with van der Waals surface area (Å²) in [5.41, 5.74) is 4.53. The molecule has 0 saturated heterocycles. The normalized spacial score (nSPS) is 10.1. The first-order chi connectivity index (χ1) is 9.42. The maximum atomic E-state index is 4.05. The Kier molecular flexibility index (Phi) is 3.24. The first kappa shape index (κ1) is 11.5. The minimum atomic E-state index is 1.08. The Balaban J connectivity index is 1.89. The summed E-state index contributed by atoms with van der Waals surface area (Å²) in [6.45, 7) is 0. The number of hydrogen-bond acceptors (Lipinski definition) is 2. The van der Waals surface area contributed by atoms with Gasteiger partial charge in [-0.2, -0.15) is 0 Å². The number of pyridine rings is 1. The first-order valence-corrected chi connectivity index (χ1v) is 6.24. The second kappa shape index (κ2) is 5.36. The van der Waals surface area contributed by atoms with Crippen molar-refractivity contribution in [1.29, 1.82) is 0 Å². The van der Waals surface area contributed by atoms with Crippen LogP contribution in [0, 0.1) is 0 Å². The summed E-state index contributed by atoms with van der Waals surface area (Å²) in [5.74, 6) is 0. The van der Waals surface area contributed by atoms with Crippen LogP contribution < -0.4 is 5.32 Å². The minimum absolute atomic E-state index is 1.08. The van der Waals surface area contributed by atoms with Gasteiger partial charge in [-0.3, -0.25) is 4.98 Å². The van der Waals surface area contributed by atoms with Gasteiger partial charge in [0.1, 0.15) is 0 Å². The minimum Gasteiger partial charge on any atom is -0.356 e. The molecule has 3 aromatic rings. The van der Waals surface area contributed by atoms with Gasteiger partial charge < -0.3 is 5.32 Å². The summed E-state index contributed by atoms with van der Waals surface area (Å²) < 4.78 is 0. The highest BCUT2D eigenvalue weighted by Crippen LogP contribution is 2.24. The molecular formula is C17H14N2. The largest absolute Gasteiger partial charge is 0.356 e. The Morgan fingerprint density at radius 2 is 1.37 bits per heavy atom. The molecule has 1 N–H and O–H groups in total. The fourth-order valence-electron chi connectivity index (χ4n) is 2.01. The van der Waals surface area contributed by atoms with Crippen LogP contribution in [0.25, 0.3) is 11.1 Å². The van der Waals surface area contributed by atoms with E-state index in [-0.39, 0.29) is 0 Å². The Labute approximate surface area is 112 Å². The lowest BCUT2D eigenvalue weighted by molar-refractivity contribution is 1.33. The standard InChI is InChI=1S/C17H14N2/c1-2-6-16(7-3-1)19-17-8-4-5-15(13-17)14-9-11-18-12-10-14/h1-13,19H. The summed E-state index contributed by atoms with van der Waals surface area (Å²) in [6, 6.07) is 22.6. The van der Waals surface area contributed by atoms with Crippen molar-refractivity contribution >= 4 is 11.4 Å². The zero-order valence-corrected chi connectivity index (χ0v) is 10.5. The number of anilines is 2. The van der Waals surface area contributed by atoms with Crippen LogP contribution in [-0.2, 0) is 0 Å². The quantitative estimate of drug-likeness (QED) is 0.736. The lowest BCUT2D eigenvalue weighted by atomic mass is 10.1. The second-order valence-electron chi connectivity index (χ2n) is 4.31. The summed E-state index contributed by atoms with van der Waals surface area (Å²) in [5, 5.41) is 3.40. The number of rotatable bonds is 3. The van der Waals surface area contributed by atoms with Crippen LogP contribution in [-0.4, -0.2) is 4.98 Å². The van der Waals surface area contributed by atoms with Crippen LogP contribution in [0.15, 0.2) is 79.1 Å². The highest BCUT2D eigenvalue weighted by molar-refractivity contribution is 5.70. The summed E-state index contributed by atoms with van der Waals surface area (Å²) in [6.07, 6.45) is 3.62. The number of hydrogen-bond donors (Lipinski definition) is 1. The van der Waals surface area contributed by atoms with Gasteiger partial charge in [-0.15, -0.1) is 0 Å². The number of para-hydroxylation sites is 1. The third-order valence-corrected chi connectivity index (χ3v) is 2.94. The van der Waals surface area contributed by atoms with E-state index in [2.05, 4.69) is 46.7 Å². The molecule has 19 heavy (non-hydrogen) atoms. The number of nitrogens with one attached hydrogen (secondary N) is 1. The van der Waals surface area contributed by atoms with Crippen LogP contribution in [0.5, 0.6) is 0 Å². The van der Waals surface area contributed by atoms with E-state index in [1.165, 1.54) is 11.1 Å². The lowest BCUT2D eigenvalue weighted by Crippen LogP contribution is -1.90. The van der Waals surface area contributed by atoms with Gasteiger partial charge >= 0.3 is 0 Å². The molecule has 1 heterocycles. The lowest BCUT2D eigenvalue weighted by Gasteiger charge is -2.08. The molecule has 0 aliphatic rings. The molecule has 2 aromatic carbocycles. The smallest absolute Gasteiger partial charge is 0.0390 e. The van der Waals surface area contributed by atoms with Crippen LogP contribution in [0.3, 0.4) is 0 Å². The maximum absolute atomic E-state index is 4.05. The molecule has 0 spiro atoms. The van der Waals surface area contributed by atoms with Gasteiger partial charge in [0.25, 0.3) is 0 Å². The summed E-state index contributed by atoms with van der Waals surface area (Å²) in [7, 11) is 0. The topological polar surface area (TPSA) is 24.9 Å². The van der Waals surface area contributed by atoms with Crippen molar-refractivity contribution in [2.45, 2.75) is 0 Å². The fourth-order valence-corrected chi connectivity index (χ4v) is 2.01. The maximum Gasteiger partial charge on any atom is 0.0390 e. The van der Waals surface area contributed by atoms with Crippen molar-refractivity contribution < 1.29 is 0 Å². The molecule has 3 rings (SSSR count). The van der Waals surface area contributed by atoms with Gasteiger partial charge in [0.15, 0.2) is 0 Å². The number of benzene rings is 2. The SMILES string of the molecule is c1ccc(Nc2cccc(-c3ccncc3)c2)cc1. The van der Waals surface area contributed by atoms with Gasteiger partial charge in [0.2, 0.25) is 0 Å². The third kappa shape index (κ3) is 2.80. The predicted molar refractivity (Wildman–Crippen MR) is 79.4 cm³/mol. The zero-order valence-electron chi connectivity index (χ0n) is 10.5. The van der Waals surface area contributed by atoms with Crippen LogP contribution in [0.1, 0.15) is 0 Å². The van der Waals surface area contributed by atoms with E-state index in [1.54, 1.807) is 0 Å². The van der Waals surface area contributed by atoms with E-state index in [4.69, 9.17) is 0 Å². The highest BCUT2D eigenvalue weighted by Gasteiger charge is 1.99. The molecule has 0 amide bonds. The Bertz CT molecular complexity index is 648. The highest BCUT2D eigenvalue weighted by atomic mass is 14.9. The van der Waals surface area contributed by atoms with Crippen molar-refractivity contribution in [2.24, 2.45) is 0 Å². The van der Waals surface area contributed by atoms with Crippen LogP contribution in [0.4, 0.5) is 11.4 Å². The molecule has 0 aliphatic carbocycles. The molecule has 0 saturated carbocycles. The second-order valence-corrected chi connectivity index (χ2v) is 4.31. The molecule has 0 radical (unpaired) electrons. The van der Waals surface area contributed by atoms with Gasteiger partial charge in [-0.1, -0.05) is 30.3 Å². The van der Waals surface area contributed by atoms with Gasteiger partial charge in [0.05, 0.1) is 0 Å². The van der Waals surface area contributed by atoms with Crippen molar-refractivity contribution in [3.8, 4) is 11.1 Å². The average Bonchev–Trinajstić information content (AvgIpc) is 2.49. The van der Waals surface area contributed by atoms with Crippen LogP contribution >= 0.6 is 0 Å². The molecule has 2 nitrogen and oxygen atoms in total. The van der Waals surface area contributed by atoms with Crippen molar-refractivity contribution in [3.63, 3.8) is 0 Å². The van der Waals surface area contributed by atoms with Gasteiger partial charge in [-0.25, -0.2) is 0 Å². The molecule has 0 atom stereocenters. The molecule has 0 fully saturated rings. The first-order valence-electron chi connectivity index (χ1n) is 6.24. The Hall–Kier alpha value is -2.61. The molecule has 2 heteroatoms. The zero-order chi connectivity index (χ0) is 12.9. The van der Waals surface area contributed by atoms with Crippen LogP contribution in [0.2, 0.25) is 0 Å². The molecule has 0 bridgehead atoms. The molecule has 0 unspecified atom stereocenters. The molecule has 92 valence electrons. The fraction of sp³-hybridized carbons (Fsp3) is 0. The van der Waals surface area contributed by atoms with E-state index in [0.717, 1.165) is 11.4 Å². The Morgan fingerprint density at radius 3 is 2.16 bits per heavy atom. The van der Waals surface area contributed by atoms with Gasteiger partial charge in [-0.05, 0) is 47.5 Å². The van der Waals surface area contributed by atoms with Crippen molar-refractivity contribution in [3.05, 3.63) is 79.1 Å². The monoisotopic (exact) mass is 246 g/mol.